The summed E-state index contributed by atoms with van der Waals surface area (Å²) in [5, 5.41) is 2.89. The Morgan fingerprint density at radius 1 is 1.43 bits per heavy atom. The van der Waals surface area contributed by atoms with Crippen molar-refractivity contribution in [2.45, 2.75) is 44.2 Å². The van der Waals surface area contributed by atoms with Gasteiger partial charge in [0.2, 0.25) is 5.91 Å². The van der Waals surface area contributed by atoms with Crippen LogP contribution in [-0.4, -0.2) is 47.6 Å². The Bertz CT molecular complexity index is 464. The molecule has 1 aliphatic heterocycles. The third kappa shape index (κ3) is 3.80. The van der Waals surface area contributed by atoms with Gasteiger partial charge >= 0.3 is 0 Å². The van der Waals surface area contributed by atoms with Crippen LogP contribution in [0.1, 0.15) is 32.1 Å². The molecule has 114 valence electrons. The van der Waals surface area contributed by atoms with Crippen LogP contribution >= 0.6 is 0 Å². The number of pyridine rings is 1. The van der Waals surface area contributed by atoms with Crippen LogP contribution < -0.4 is 5.32 Å². The van der Waals surface area contributed by atoms with E-state index in [1.807, 2.05) is 12.1 Å². The van der Waals surface area contributed by atoms with Crippen molar-refractivity contribution in [2.75, 3.05) is 25.0 Å². The maximum absolute atomic E-state index is 12.0. The second-order valence-corrected chi connectivity index (χ2v) is 5.84. The minimum Gasteiger partial charge on any atom is -0.375 e. The number of rotatable bonds is 4. The Labute approximate surface area is 125 Å². The van der Waals surface area contributed by atoms with Crippen molar-refractivity contribution in [1.82, 2.24) is 9.88 Å². The van der Waals surface area contributed by atoms with Gasteiger partial charge in [0.1, 0.15) is 0 Å². The molecular weight excluding hydrogens is 266 g/mol. The van der Waals surface area contributed by atoms with Gasteiger partial charge in [-0.3, -0.25) is 14.7 Å². The van der Waals surface area contributed by atoms with E-state index in [4.69, 9.17) is 4.74 Å². The average Bonchev–Trinajstić information content (AvgIpc) is 2.54. The third-order valence-corrected chi connectivity index (χ3v) is 4.42. The summed E-state index contributed by atoms with van der Waals surface area (Å²) in [5.74, 6) is 0.0573. The molecule has 0 aromatic carbocycles. The van der Waals surface area contributed by atoms with Crippen molar-refractivity contribution in [3.63, 3.8) is 0 Å². The van der Waals surface area contributed by atoms with Gasteiger partial charge in [0, 0.05) is 31.7 Å². The van der Waals surface area contributed by atoms with E-state index >= 15 is 0 Å². The summed E-state index contributed by atoms with van der Waals surface area (Å²) in [4.78, 5) is 18.5. The lowest BCUT2D eigenvalue weighted by Gasteiger charge is -2.43. The van der Waals surface area contributed by atoms with Gasteiger partial charge in [0.25, 0.3) is 0 Å². The molecule has 5 nitrogen and oxygen atoms in total. The Morgan fingerprint density at radius 2 is 2.33 bits per heavy atom. The second kappa shape index (κ2) is 7.00. The predicted octanol–water partition coefficient (Wildman–Crippen LogP) is 2.05. The summed E-state index contributed by atoms with van der Waals surface area (Å²) in [6.45, 7) is 2.56. The van der Waals surface area contributed by atoms with E-state index in [-0.39, 0.29) is 5.91 Å². The van der Waals surface area contributed by atoms with E-state index in [0.717, 1.165) is 25.4 Å². The molecule has 0 bridgehead atoms. The van der Waals surface area contributed by atoms with Crippen LogP contribution in [0.2, 0.25) is 0 Å². The zero-order valence-corrected chi connectivity index (χ0v) is 12.3. The van der Waals surface area contributed by atoms with Crippen molar-refractivity contribution >= 4 is 11.6 Å². The first-order chi connectivity index (χ1) is 10.3. The van der Waals surface area contributed by atoms with Crippen molar-refractivity contribution in [3.05, 3.63) is 24.5 Å². The van der Waals surface area contributed by atoms with Gasteiger partial charge in [-0.05, 0) is 25.0 Å². The number of amides is 1. The van der Waals surface area contributed by atoms with Gasteiger partial charge in [0.05, 0.1) is 24.6 Å². The fourth-order valence-corrected chi connectivity index (χ4v) is 3.36. The maximum Gasteiger partial charge on any atom is 0.225 e. The molecular formula is C16H23N3O2. The largest absolute Gasteiger partial charge is 0.375 e. The molecule has 2 aliphatic rings. The molecule has 5 heteroatoms. The topological polar surface area (TPSA) is 54.5 Å². The number of morpholine rings is 1. The van der Waals surface area contributed by atoms with Crippen LogP contribution in [0, 0.1) is 0 Å². The van der Waals surface area contributed by atoms with Gasteiger partial charge in [-0.25, -0.2) is 0 Å². The van der Waals surface area contributed by atoms with E-state index in [1.54, 1.807) is 12.4 Å². The fourth-order valence-electron chi connectivity index (χ4n) is 3.36. The molecule has 3 rings (SSSR count). The van der Waals surface area contributed by atoms with Crippen LogP contribution in [0.25, 0.3) is 0 Å². The molecule has 2 atom stereocenters. The Kier molecular flexibility index (Phi) is 4.83. The molecule has 1 saturated heterocycles. The lowest BCUT2D eigenvalue weighted by molar-refractivity contribution is -0.118. The standard InChI is InChI=1S/C16H23N3O2/c20-16(18-13-4-3-8-17-12-13)7-9-19-10-11-21-15-6-2-1-5-14(15)19/h3-4,8,12,14-15H,1-2,5-7,9-11H2,(H,18,20)/t14-,15-/m1/s1. The highest BCUT2D eigenvalue weighted by Gasteiger charge is 2.33. The second-order valence-electron chi connectivity index (χ2n) is 5.84. The number of ether oxygens (including phenoxy) is 1. The van der Waals surface area contributed by atoms with Crippen molar-refractivity contribution in [3.8, 4) is 0 Å². The van der Waals surface area contributed by atoms with E-state index < -0.39 is 0 Å². The smallest absolute Gasteiger partial charge is 0.225 e. The highest BCUT2D eigenvalue weighted by atomic mass is 16.5. The van der Waals surface area contributed by atoms with Gasteiger partial charge in [-0.1, -0.05) is 12.8 Å². The lowest BCUT2D eigenvalue weighted by atomic mass is 9.90. The molecule has 2 heterocycles. The molecule has 0 radical (unpaired) electrons. The minimum atomic E-state index is 0.0573. The van der Waals surface area contributed by atoms with Gasteiger partial charge < -0.3 is 10.1 Å². The molecule has 1 aromatic rings. The molecule has 1 amide bonds. The summed E-state index contributed by atoms with van der Waals surface area (Å²) in [5.41, 5.74) is 0.764. The predicted molar refractivity (Wildman–Crippen MR) is 81.1 cm³/mol. The van der Waals surface area contributed by atoms with Crippen LogP contribution in [0.5, 0.6) is 0 Å². The number of aromatic nitrogens is 1. The molecule has 2 fully saturated rings. The van der Waals surface area contributed by atoms with Gasteiger partial charge in [-0.15, -0.1) is 0 Å². The van der Waals surface area contributed by atoms with Crippen LogP contribution in [0.3, 0.4) is 0 Å². The molecule has 1 N–H and O–H groups in total. The number of carbonyl (C=O) groups is 1. The lowest BCUT2D eigenvalue weighted by Crippen LogP contribution is -2.53. The number of fused-ring (bicyclic) bond motifs is 1. The maximum atomic E-state index is 12.0. The Hall–Kier alpha value is -1.46. The van der Waals surface area contributed by atoms with Crippen LogP contribution in [-0.2, 0) is 9.53 Å². The molecule has 21 heavy (non-hydrogen) atoms. The zero-order chi connectivity index (χ0) is 14.5. The summed E-state index contributed by atoms with van der Waals surface area (Å²) >= 11 is 0. The van der Waals surface area contributed by atoms with E-state index in [0.29, 0.717) is 18.6 Å². The molecule has 1 aromatic heterocycles. The van der Waals surface area contributed by atoms with Crippen molar-refractivity contribution < 1.29 is 9.53 Å². The minimum absolute atomic E-state index is 0.0573. The SMILES string of the molecule is O=C(CCN1CCO[C@@H]2CCCC[C@H]21)Nc1cccnc1. The van der Waals surface area contributed by atoms with E-state index in [9.17, 15) is 4.79 Å². The quantitative estimate of drug-likeness (QED) is 0.922. The van der Waals surface area contributed by atoms with Crippen LogP contribution in [0.4, 0.5) is 5.69 Å². The number of carbonyl (C=O) groups excluding carboxylic acids is 1. The summed E-state index contributed by atoms with van der Waals surface area (Å²) in [6, 6.07) is 4.19. The van der Waals surface area contributed by atoms with Crippen LogP contribution in [0.15, 0.2) is 24.5 Å². The molecule has 0 unspecified atom stereocenters. The number of nitrogens with one attached hydrogen (secondary N) is 1. The molecule has 1 saturated carbocycles. The first kappa shape index (κ1) is 14.5. The summed E-state index contributed by atoms with van der Waals surface area (Å²) in [6.07, 6.45) is 9.21. The summed E-state index contributed by atoms with van der Waals surface area (Å²) in [7, 11) is 0. The van der Waals surface area contributed by atoms with E-state index in [1.165, 1.54) is 25.7 Å². The number of hydrogen-bond acceptors (Lipinski definition) is 4. The Balaban J connectivity index is 1.48. The van der Waals surface area contributed by atoms with E-state index in [2.05, 4.69) is 15.2 Å². The highest BCUT2D eigenvalue weighted by molar-refractivity contribution is 5.90. The third-order valence-electron chi connectivity index (χ3n) is 4.42. The number of hydrogen-bond donors (Lipinski definition) is 1. The summed E-state index contributed by atoms with van der Waals surface area (Å²) < 4.78 is 5.86. The molecule has 0 spiro atoms. The zero-order valence-electron chi connectivity index (χ0n) is 12.3. The average molecular weight is 289 g/mol. The highest BCUT2D eigenvalue weighted by Crippen LogP contribution is 2.28. The number of nitrogens with zero attached hydrogens (tertiary/aromatic N) is 2. The van der Waals surface area contributed by atoms with Gasteiger partial charge in [-0.2, -0.15) is 0 Å². The normalized spacial score (nSPS) is 26.1. The van der Waals surface area contributed by atoms with Crippen molar-refractivity contribution in [1.29, 1.82) is 0 Å². The van der Waals surface area contributed by atoms with Gasteiger partial charge in [0.15, 0.2) is 0 Å². The first-order valence-electron chi connectivity index (χ1n) is 7.88. The Morgan fingerprint density at radius 3 is 3.19 bits per heavy atom. The molecule has 1 aliphatic carbocycles. The first-order valence-corrected chi connectivity index (χ1v) is 7.88. The monoisotopic (exact) mass is 289 g/mol. The fraction of sp³-hybridized carbons (Fsp3) is 0.625. The van der Waals surface area contributed by atoms with Crippen molar-refractivity contribution in [2.24, 2.45) is 0 Å². The number of anilines is 1.